The molecule has 3 aliphatic heterocycles. The largest absolute Gasteiger partial charge is 0.719 e. The third kappa shape index (κ3) is 28.4. The number of carbonyl (C=O) groups excluding carboxylic acids is 2. The number of aromatic nitrogens is 1. The van der Waals surface area contributed by atoms with Crippen LogP contribution in [0.25, 0.3) is 0 Å². The van der Waals surface area contributed by atoms with Crippen molar-refractivity contribution in [2.75, 3.05) is 109 Å². The van der Waals surface area contributed by atoms with Crippen LogP contribution in [-0.2, 0) is 93.1 Å². The molecule has 3 aromatic rings. The maximum atomic E-state index is 12.7. The van der Waals surface area contributed by atoms with Crippen LogP contribution in [0, 0.1) is 11.8 Å². The zero-order valence-corrected chi connectivity index (χ0v) is 66.7. The summed E-state index contributed by atoms with van der Waals surface area (Å²) in [5.41, 5.74) is 13.5. The van der Waals surface area contributed by atoms with E-state index in [4.69, 9.17) is 43.8 Å². The van der Waals surface area contributed by atoms with Gasteiger partial charge in [-0.1, -0.05) is 65.5 Å². The number of likely N-dealkylation sites (N-methyl/N-ethyl adjacent to an activating group) is 1. The lowest BCUT2D eigenvalue weighted by atomic mass is 9.81. The molecular formula is C66H101N10O23P3S4+2. The van der Waals surface area contributed by atoms with Gasteiger partial charge in [0.15, 0.2) is 11.7 Å². The van der Waals surface area contributed by atoms with E-state index in [1.807, 2.05) is 65.0 Å². The summed E-state index contributed by atoms with van der Waals surface area (Å²) in [7, 11) is -18.1. The molecule has 590 valence electrons. The first-order chi connectivity index (χ1) is 50.0. The number of unbranched alkanes of at least 4 members (excludes halogenated alkanes) is 4. The molecule has 106 heavy (non-hydrogen) atoms. The van der Waals surface area contributed by atoms with Gasteiger partial charge in [-0.05, 0) is 137 Å². The number of guanidine groups is 1. The number of amides is 3. The fraction of sp³-hybridized carbons (Fsp3) is 0.576. The van der Waals surface area contributed by atoms with Crippen molar-refractivity contribution in [2.45, 2.75) is 157 Å². The van der Waals surface area contributed by atoms with Gasteiger partial charge in [-0.25, -0.2) is 19.4 Å². The van der Waals surface area contributed by atoms with Crippen LogP contribution in [-0.4, -0.2) is 188 Å². The van der Waals surface area contributed by atoms with Crippen molar-refractivity contribution in [3.63, 3.8) is 0 Å². The number of nitrogens with two attached hydrogens (primary N) is 1. The minimum atomic E-state index is -5.28. The second-order valence-corrected chi connectivity index (χ2v) is 35.8. The number of phosphoric ester groups is 1. The van der Waals surface area contributed by atoms with Gasteiger partial charge in [-0.2, -0.15) is 21.4 Å². The molecule has 0 spiro atoms. The van der Waals surface area contributed by atoms with Crippen LogP contribution < -0.4 is 37.4 Å². The summed E-state index contributed by atoms with van der Waals surface area (Å²) in [6.45, 7) is 18.4. The van der Waals surface area contributed by atoms with Crippen molar-refractivity contribution < 1.29 is 111 Å². The Bertz CT molecular complexity index is 4060. The number of phosphoric acid groups is 2. The summed E-state index contributed by atoms with van der Waals surface area (Å²) in [5.74, 6) is 6.55. The summed E-state index contributed by atoms with van der Waals surface area (Å²) < 4.78 is 142. The number of nitrogens with zero attached hydrogens (tertiary/aromatic N) is 4. The highest BCUT2D eigenvalue weighted by Gasteiger charge is 2.46. The Kier molecular flexibility index (Phi) is 35.5. The quantitative estimate of drug-likeness (QED) is 0.00215. The van der Waals surface area contributed by atoms with E-state index in [-0.39, 0.29) is 32.9 Å². The third-order valence-electron chi connectivity index (χ3n) is 17.0. The molecule has 33 nitrogen and oxygen atoms in total. The average molecular weight is 1620 g/mol. The van der Waals surface area contributed by atoms with Crippen molar-refractivity contribution >= 4 is 107 Å². The second kappa shape index (κ2) is 42.1. The van der Waals surface area contributed by atoms with Gasteiger partial charge in [0.1, 0.15) is 24.5 Å². The molecule has 6 rings (SSSR count). The number of allylic oxidation sites excluding steroid dienone is 6. The SMILES string of the molecule is CCN1\C(=C/C=C/C=C/C2=[N+](CCCCCC(=O)NCCOCCOCCNOCCC(C)(C)SSCOCCCCCNC(=O)NCC#Cc3cn(C4CC[C@@H](COP(=O)(O)O[P+](=O)OP(=O)(O)O)O4)c(NC(N)=NC)c3CO)c3ccc(S(=O)(=O)O)cc3C2(C)C)C(C)(C)c2cc(S(=O)(=O)O)ccc21. The zero-order chi connectivity index (χ0) is 77.9. The first-order valence-corrected chi connectivity index (χ1v) is 43.6. The number of urea groups is 1. The molecule has 1 aromatic heterocycles. The molecule has 0 radical (unpaired) electrons. The Labute approximate surface area is 628 Å². The highest BCUT2D eigenvalue weighted by atomic mass is 33.1. The number of hydrogen-bond acceptors (Lipinski definition) is 23. The first kappa shape index (κ1) is 89.4. The third-order valence-corrected chi connectivity index (χ3v) is 25.0. The van der Waals surface area contributed by atoms with E-state index in [2.05, 4.69) is 75.5 Å². The number of aliphatic hydroxyl groups is 1. The number of benzene rings is 2. The van der Waals surface area contributed by atoms with Gasteiger partial charge in [0.25, 0.3) is 20.2 Å². The molecule has 4 atom stereocenters. The molecule has 0 bridgehead atoms. The van der Waals surface area contributed by atoms with Gasteiger partial charge in [0, 0.05) is 108 Å². The van der Waals surface area contributed by atoms with Gasteiger partial charge >= 0.3 is 29.9 Å². The van der Waals surface area contributed by atoms with Crippen LogP contribution in [0.2, 0.25) is 0 Å². The first-order valence-electron chi connectivity index (χ1n) is 34.3. The minimum Gasteiger partial charge on any atom is -0.391 e. The Balaban J connectivity index is 0.761. The standard InChI is InChI=1S/C66H99N10O23P3S4/c1-9-74-55-27-25-50(105(86,87)88)42-53(55)65(4,5)57(74)21-13-10-14-22-58-66(6,7)54-43-51(106(89,90)91)26-28-56(54)75(58)35-17-11-15-23-59(78)69-33-38-92-40-41-93-39-34-72-95-37-30-64(2,3)104-103-47-94-36-18-12-16-31-70-63(79)71-32-19-20-48-44-76(61(52(48)45-77)73-62(67)68-8)60-29-24-49(97-60)46-96-102(84,85)99-100(80)98-101(81,82)83/h10,13-14,21-22,25-28,42-44,49,60,72,77H,9,11-12,15-18,23-24,29-41,45-47H2,1-8H3,(H9-2,67,68,69,70,71,73,78,79,81,82,83,84,85,86,87,88,89,90,91)/p+2/t49-,60?/m0/s1. The van der Waals surface area contributed by atoms with Crippen LogP contribution in [0.15, 0.2) is 93.5 Å². The summed E-state index contributed by atoms with van der Waals surface area (Å²) in [4.78, 5) is 63.8. The van der Waals surface area contributed by atoms with Crippen LogP contribution in [0.3, 0.4) is 0 Å². The van der Waals surface area contributed by atoms with Gasteiger partial charge in [-0.3, -0.25) is 28.3 Å². The lowest BCUT2D eigenvalue weighted by Crippen LogP contribution is -2.36. The normalized spacial score (nSPS) is 17.8. The van der Waals surface area contributed by atoms with E-state index in [1.165, 1.54) is 31.3 Å². The van der Waals surface area contributed by atoms with Crippen molar-refractivity contribution in [2.24, 2.45) is 10.7 Å². The Morgan fingerprint density at radius 1 is 0.849 bits per heavy atom. The Morgan fingerprint density at radius 3 is 2.24 bits per heavy atom. The van der Waals surface area contributed by atoms with Crippen molar-refractivity contribution in [3.05, 3.63) is 101 Å². The number of nitrogens with one attached hydrogen (secondary N) is 5. The fourth-order valence-corrected chi connectivity index (χ4v) is 17.2. The number of aliphatic imine (C=N–C) groups is 1. The second-order valence-electron chi connectivity index (χ2n) is 26.1. The van der Waals surface area contributed by atoms with Crippen LogP contribution in [0.1, 0.15) is 141 Å². The topological polar surface area (TPSA) is 459 Å². The van der Waals surface area contributed by atoms with E-state index in [9.17, 15) is 59.2 Å². The minimum absolute atomic E-state index is 0.00502. The molecule has 40 heteroatoms. The number of carbonyl (C=O) groups is 2. The molecule has 4 heterocycles. The maximum absolute atomic E-state index is 12.7. The van der Waals surface area contributed by atoms with Crippen LogP contribution in [0.5, 0.6) is 0 Å². The summed E-state index contributed by atoms with van der Waals surface area (Å²) in [6.07, 6.45) is 16.1. The molecule has 2 aromatic carbocycles. The smallest absolute Gasteiger partial charge is 0.391 e. The number of aliphatic hydroxyl groups excluding tert-OH is 1. The van der Waals surface area contributed by atoms with Gasteiger partial charge < -0.3 is 75.1 Å². The number of hydrogen-bond donors (Lipinski definition) is 12. The predicted octanol–water partition coefficient (Wildman–Crippen LogP) is 8.87. The number of fused-ring (bicyclic) bond motifs is 2. The lowest BCUT2D eigenvalue weighted by Gasteiger charge is -2.25. The number of rotatable bonds is 46. The highest BCUT2D eigenvalue weighted by Crippen LogP contribution is 2.58. The fourth-order valence-electron chi connectivity index (χ4n) is 11.7. The van der Waals surface area contributed by atoms with Gasteiger partial charge in [0.05, 0.1) is 79.7 Å². The molecule has 13 N–H and O–H groups in total. The molecule has 3 amide bonds. The average Bonchev–Trinajstić information content (AvgIpc) is 1.60. The van der Waals surface area contributed by atoms with Crippen LogP contribution >= 0.6 is 45.5 Å². The Hall–Kier alpha value is -5.46. The monoisotopic (exact) mass is 1620 g/mol. The number of ether oxygens (including phenoxy) is 4. The van der Waals surface area contributed by atoms with E-state index in [0.717, 1.165) is 72.4 Å². The van der Waals surface area contributed by atoms with Gasteiger partial charge in [-0.15, -0.1) is 0 Å². The lowest BCUT2D eigenvalue weighted by molar-refractivity contribution is -0.438. The molecule has 0 aliphatic carbocycles. The molecule has 3 aliphatic rings. The van der Waals surface area contributed by atoms with E-state index in [0.29, 0.717) is 121 Å². The highest BCUT2D eigenvalue weighted by molar-refractivity contribution is 8.77. The predicted molar refractivity (Wildman–Crippen MR) is 404 cm³/mol. The Morgan fingerprint density at radius 2 is 1.55 bits per heavy atom. The van der Waals surface area contributed by atoms with E-state index in [1.54, 1.807) is 44.5 Å². The van der Waals surface area contributed by atoms with Crippen molar-refractivity contribution in [1.29, 1.82) is 0 Å². The van der Waals surface area contributed by atoms with E-state index < -0.39 is 86.5 Å². The van der Waals surface area contributed by atoms with Crippen molar-refractivity contribution in [3.8, 4) is 11.8 Å². The molecule has 3 unspecified atom stereocenters. The zero-order valence-electron chi connectivity index (χ0n) is 60.7. The molecule has 1 fully saturated rings. The number of hydroxylamine groups is 1. The summed E-state index contributed by atoms with van der Waals surface area (Å²) in [6, 6.07) is 8.87. The van der Waals surface area contributed by atoms with Crippen molar-refractivity contribution in [1.82, 2.24) is 26.0 Å². The van der Waals surface area contributed by atoms with Gasteiger partial charge in [0.2, 0.25) is 11.6 Å². The number of anilines is 2. The molecule has 0 saturated carbocycles. The molecular weight excluding hydrogens is 1520 g/mol. The van der Waals surface area contributed by atoms with Crippen LogP contribution in [0.4, 0.5) is 22.0 Å². The summed E-state index contributed by atoms with van der Waals surface area (Å²) >= 11 is 0. The van der Waals surface area contributed by atoms with E-state index >= 15 is 0 Å². The summed E-state index contributed by atoms with van der Waals surface area (Å²) in [5, 5.41) is 21.6. The molecule has 1 saturated heterocycles. The maximum Gasteiger partial charge on any atom is 0.719 e.